The van der Waals surface area contributed by atoms with E-state index >= 15 is 0 Å². The molecule has 7 nitrogen and oxygen atoms in total. The maximum absolute atomic E-state index is 12.5. The highest BCUT2D eigenvalue weighted by atomic mass is 32.1. The fourth-order valence-corrected chi connectivity index (χ4v) is 2.79. The van der Waals surface area contributed by atoms with Crippen LogP contribution in [0.25, 0.3) is 5.65 Å². The normalized spacial score (nSPS) is 10.9. The first kappa shape index (κ1) is 14.5. The number of imidazole rings is 1. The van der Waals surface area contributed by atoms with Crippen molar-refractivity contribution in [2.45, 2.75) is 20.8 Å². The Hall–Kier alpha value is -2.48. The molecule has 0 unspecified atom stereocenters. The van der Waals surface area contributed by atoms with Crippen molar-refractivity contribution in [3.05, 3.63) is 34.7 Å². The molecule has 0 atom stereocenters. The minimum atomic E-state index is -0.269. The van der Waals surface area contributed by atoms with Crippen LogP contribution in [0.2, 0.25) is 0 Å². The SMILES string of the molecule is CCOc1cccn2c(C(=O)Nc3nnc(C)s3)c(C)nc12. The van der Waals surface area contributed by atoms with E-state index in [1.165, 1.54) is 11.3 Å². The number of carbonyl (C=O) groups is 1. The van der Waals surface area contributed by atoms with E-state index in [-0.39, 0.29) is 5.91 Å². The molecule has 3 aromatic heterocycles. The van der Waals surface area contributed by atoms with Gasteiger partial charge in [0.2, 0.25) is 5.13 Å². The molecule has 22 heavy (non-hydrogen) atoms. The molecule has 0 aliphatic rings. The number of carbonyl (C=O) groups excluding carboxylic acids is 1. The third-order valence-electron chi connectivity index (χ3n) is 3.05. The molecule has 3 rings (SSSR count). The second kappa shape index (κ2) is 5.72. The van der Waals surface area contributed by atoms with Gasteiger partial charge < -0.3 is 4.74 Å². The molecule has 0 aromatic carbocycles. The van der Waals surface area contributed by atoms with Crippen LogP contribution in [0.5, 0.6) is 5.75 Å². The van der Waals surface area contributed by atoms with Crippen LogP contribution >= 0.6 is 11.3 Å². The second-order valence-corrected chi connectivity index (χ2v) is 5.81. The largest absolute Gasteiger partial charge is 0.490 e. The number of rotatable bonds is 4. The van der Waals surface area contributed by atoms with E-state index in [1.807, 2.05) is 26.0 Å². The molecule has 1 N–H and O–H groups in total. The van der Waals surface area contributed by atoms with Crippen molar-refractivity contribution >= 4 is 28.0 Å². The van der Waals surface area contributed by atoms with E-state index in [4.69, 9.17) is 4.74 Å². The number of aromatic nitrogens is 4. The number of ether oxygens (including phenoxy) is 1. The van der Waals surface area contributed by atoms with Crippen molar-refractivity contribution in [3.63, 3.8) is 0 Å². The van der Waals surface area contributed by atoms with E-state index in [0.717, 1.165) is 5.01 Å². The van der Waals surface area contributed by atoms with Crippen molar-refractivity contribution in [1.82, 2.24) is 19.6 Å². The van der Waals surface area contributed by atoms with Gasteiger partial charge in [0, 0.05) is 6.20 Å². The van der Waals surface area contributed by atoms with Crippen molar-refractivity contribution in [2.75, 3.05) is 11.9 Å². The van der Waals surface area contributed by atoms with Crippen molar-refractivity contribution in [2.24, 2.45) is 0 Å². The van der Waals surface area contributed by atoms with Crippen LogP contribution in [-0.4, -0.2) is 32.1 Å². The van der Waals surface area contributed by atoms with Gasteiger partial charge in [-0.1, -0.05) is 11.3 Å². The first-order valence-electron chi connectivity index (χ1n) is 6.82. The lowest BCUT2D eigenvalue weighted by Crippen LogP contribution is -2.15. The van der Waals surface area contributed by atoms with Gasteiger partial charge in [-0.2, -0.15) is 0 Å². The minimum absolute atomic E-state index is 0.269. The number of nitrogens with zero attached hydrogens (tertiary/aromatic N) is 4. The van der Waals surface area contributed by atoms with E-state index < -0.39 is 0 Å². The van der Waals surface area contributed by atoms with Gasteiger partial charge in [-0.25, -0.2) is 4.98 Å². The molecule has 0 fully saturated rings. The number of aryl methyl sites for hydroxylation is 2. The van der Waals surface area contributed by atoms with Crippen LogP contribution in [0.4, 0.5) is 5.13 Å². The summed E-state index contributed by atoms with van der Waals surface area (Å²) < 4.78 is 7.28. The monoisotopic (exact) mass is 317 g/mol. The predicted molar refractivity (Wildman–Crippen MR) is 83.7 cm³/mol. The van der Waals surface area contributed by atoms with E-state index in [0.29, 0.717) is 34.5 Å². The lowest BCUT2D eigenvalue weighted by Gasteiger charge is -2.06. The standard InChI is InChI=1S/C14H15N5O2S/c1-4-21-10-6-5-7-19-11(8(2)15-12(10)19)13(20)16-14-18-17-9(3)22-14/h5-7H,4H2,1-3H3,(H,16,18,20). The Morgan fingerprint density at radius 2 is 2.23 bits per heavy atom. The van der Waals surface area contributed by atoms with Gasteiger partial charge in [0.25, 0.3) is 5.91 Å². The molecular weight excluding hydrogens is 302 g/mol. The Balaban J connectivity index is 2.01. The van der Waals surface area contributed by atoms with Crippen molar-refractivity contribution in [1.29, 1.82) is 0 Å². The minimum Gasteiger partial charge on any atom is -0.490 e. The fourth-order valence-electron chi connectivity index (χ4n) is 2.20. The summed E-state index contributed by atoms with van der Waals surface area (Å²) in [5.41, 5.74) is 1.72. The molecule has 0 radical (unpaired) electrons. The van der Waals surface area contributed by atoms with Crippen LogP contribution in [0.15, 0.2) is 18.3 Å². The molecule has 0 bridgehead atoms. The Bertz CT molecular complexity index is 839. The van der Waals surface area contributed by atoms with Crippen LogP contribution in [-0.2, 0) is 0 Å². The topological polar surface area (TPSA) is 81.4 Å². The molecule has 3 aromatic rings. The first-order valence-corrected chi connectivity index (χ1v) is 7.63. The molecule has 0 aliphatic heterocycles. The van der Waals surface area contributed by atoms with Gasteiger partial charge in [-0.05, 0) is 32.9 Å². The summed E-state index contributed by atoms with van der Waals surface area (Å²) in [5, 5.41) is 11.8. The summed E-state index contributed by atoms with van der Waals surface area (Å²) in [6, 6.07) is 3.66. The molecule has 1 amide bonds. The highest BCUT2D eigenvalue weighted by Gasteiger charge is 2.19. The molecule has 3 heterocycles. The zero-order chi connectivity index (χ0) is 15.7. The molecule has 0 spiro atoms. The average Bonchev–Trinajstić information content (AvgIpc) is 3.02. The summed E-state index contributed by atoms with van der Waals surface area (Å²) in [6.07, 6.45) is 1.79. The number of fused-ring (bicyclic) bond motifs is 1. The molecule has 0 aliphatic carbocycles. The average molecular weight is 317 g/mol. The summed E-state index contributed by atoms with van der Waals surface area (Å²) in [7, 11) is 0. The third-order valence-corrected chi connectivity index (χ3v) is 3.80. The number of amides is 1. The van der Waals surface area contributed by atoms with Gasteiger partial charge in [0.1, 0.15) is 10.7 Å². The Labute approximate surface area is 131 Å². The van der Waals surface area contributed by atoms with Gasteiger partial charge in [-0.15, -0.1) is 10.2 Å². The lowest BCUT2D eigenvalue weighted by atomic mass is 10.3. The van der Waals surface area contributed by atoms with Gasteiger partial charge in [0.15, 0.2) is 11.4 Å². The summed E-state index contributed by atoms with van der Waals surface area (Å²) >= 11 is 1.33. The summed E-state index contributed by atoms with van der Waals surface area (Å²) in [5.74, 6) is 0.383. The fraction of sp³-hybridized carbons (Fsp3) is 0.286. The smallest absolute Gasteiger partial charge is 0.276 e. The highest BCUT2D eigenvalue weighted by molar-refractivity contribution is 7.15. The zero-order valence-corrected chi connectivity index (χ0v) is 13.3. The molecular formula is C14H15N5O2S. The quantitative estimate of drug-likeness (QED) is 0.799. The van der Waals surface area contributed by atoms with E-state index in [2.05, 4.69) is 20.5 Å². The van der Waals surface area contributed by atoms with Crippen LogP contribution < -0.4 is 10.1 Å². The number of hydrogen-bond donors (Lipinski definition) is 1. The Morgan fingerprint density at radius 3 is 2.91 bits per heavy atom. The molecule has 8 heteroatoms. The molecule has 114 valence electrons. The molecule has 0 saturated carbocycles. The summed E-state index contributed by atoms with van der Waals surface area (Å²) in [4.78, 5) is 17.0. The van der Waals surface area contributed by atoms with E-state index in [1.54, 1.807) is 17.5 Å². The first-order chi connectivity index (χ1) is 10.6. The Morgan fingerprint density at radius 1 is 1.41 bits per heavy atom. The second-order valence-electron chi connectivity index (χ2n) is 4.63. The van der Waals surface area contributed by atoms with Gasteiger partial charge in [0.05, 0.1) is 12.3 Å². The highest BCUT2D eigenvalue weighted by Crippen LogP contribution is 2.23. The van der Waals surface area contributed by atoms with Gasteiger partial charge in [-0.3, -0.25) is 14.5 Å². The van der Waals surface area contributed by atoms with Crippen LogP contribution in [0.1, 0.15) is 28.1 Å². The Kier molecular flexibility index (Phi) is 3.76. The number of anilines is 1. The number of nitrogens with one attached hydrogen (secondary N) is 1. The van der Waals surface area contributed by atoms with Gasteiger partial charge >= 0.3 is 0 Å². The maximum atomic E-state index is 12.5. The zero-order valence-electron chi connectivity index (χ0n) is 12.5. The van der Waals surface area contributed by atoms with Crippen LogP contribution in [0.3, 0.4) is 0 Å². The predicted octanol–water partition coefficient (Wildman–Crippen LogP) is 2.45. The van der Waals surface area contributed by atoms with Crippen molar-refractivity contribution < 1.29 is 9.53 Å². The maximum Gasteiger partial charge on any atom is 0.276 e. The van der Waals surface area contributed by atoms with Crippen LogP contribution in [0, 0.1) is 13.8 Å². The molecule has 0 saturated heterocycles. The summed E-state index contributed by atoms with van der Waals surface area (Å²) in [6.45, 7) is 6.08. The number of pyridine rings is 1. The third kappa shape index (κ3) is 2.52. The van der Waals surface area contributed by atoms with Crippen molar-refractivity contribution in [3.8, 4) is 5.75 Å². The number of hydrogen-bond acceptors (Lipinski definition) is 6. The lowest BCUT2D eigenvalue weighted by molar-refractivity contribution is 0.102. The van der Waals surface area contributed by atoms with E-state index in [9.17, 15) is 4.79 Å².